The van der Waals surface area contributed by atoms with E-state index in [4.69, 9.17) is 20.3 Å². The Hall–Kier alpha value is -3.57. The molecule has 1 aromatic carbocycles. The minimum absolute atomic E-state index is 0.127. The molecule has 2 N–H and O–H groups in total. The lowest BCUT2D eigenvalue weighted by atomic mass is 9.82. The van der Waals surface area contributed by atoms with Crippen LogP contribution in [0.2, 0.25) is 0 Å². The van der Waals surface area contributed by atoms with Gasteiger partial charge >= 0.3 is 0 Å². The van der Waals surface area contributed by atoms with Gasteiger partial charge in [-0.2, -0.15) is 10.4 Å². The Morgan fingerprint density at radius 2 is 2.07 bits per heavy atom. The first-order chi connectivity index (χ1) is 14.6. The van der Waals surface area contributed by atoms with E-state index in [0.717, 1.165) is 34.8 Å². The number of hydrogen-bond donors (Lipinski definition) is 1. The molecule has 3 aromatic rings. The standard InChI is InChI=1S/C22H22N6O2/c1-13-25-8-9-28(13)16-5-3-14(4-6-16)18-17(11-23)21(24)30-22-19(18)20(26-27(22)2)15-7-10-29-12-15/h3-6,8-9,15,18H,7,10,12,24H2,1-2H3. The van der Waals surface area contributed by atoms with Crippen molar-refractivity contribution in [2.24, 2.45) is 12.8 Å². The molecule has 2 atom stereocenters. The number of nitriles is 1. The highest BCUT2D eigenvalue weighted by atomic mass is 16.5. The summed E-state index contributed by atoms with van der Waals surface area (Å²) in [5, 5.41) is 14.6. The lowest BCUT2D eigenvalue weighted by molar-refractivity contribution is 0.193. The predicted octanol–water partition coefficient (Wildman–Crippen LogP) is 2.64. The van der Waals surface area contributed by atoms with Crippen molar-refractivity contribution in [1.29, 1.82) is 5.26 Å². The Morgan fingerprint density at radius 3 is 2.70 bits per heavy atom. The Balaban J connectivity index is 1.64. The number of ether oxygens (including phenoxy) is 2. The van der Waals surface area contributed by atoms with Crippen LogP contribution < -0.4 is 10.5 Å². The molecule has 1 saturated heterocycles. The maximum Gasteiger partial charge on any atom is 0.224 e. The van der Waals surface area contributed by atoms with Crippen LogP contribution in [0.5, 0.6) is 5.88 Å². The van der Waals surface area contributed by atoms with Crippen molar-refractivity contribution in [3.05, 3.63) is 70.8 Å². The fourth-order valence-electron chi connectivity index (χ4n) is 4.37. The van der Waals surface area contributed by atoms with Gasteiger partial charge in [0, 0.05) is 37.7 Å². The van der Waals surface area contributed by atoms with Crippen LogP contribution in [-0.2, 0) is 11.8 Å². The van der Waals surface area contributed by atoms with Gasteiger partial charge in [-0.05, 0) is 31.0 Å². The predicted molar refractivity (Wildman–Crippen MR) is 109 cm³/mol. The average Bonchev–Trinajstić information content (AvgIpc) is 3.48. The number of nitrogens with zero attached hydrogens (tertiary/aromatic N) is 5. The van der Waals surface area contributed by atoms with E-state index < -0.39 is 0 Å². The smallest absolute Gasteiger partial charge is 0.224 e. The van der Waals surface area contributed by atoms with E-state index in [9.17, 15) is 5.26 Å². The molecule has 0 amide bonds. The zero-order valence-corrected chi connectivity index (χ0v) is 16.9. The number of hydrogen-bond acceptors (Lipinski definition) is 6. The number of nitrogens with two attached hydrogens (primary N) is 1. The molecule has 1 fully saturated rings. The first kappa shape index (κ1) is 18.5. The molecule has 30 heavy (non-hydrogen) atoms. The molecule has 4 heterocycles. The molecule has 2 aliphatic rings. The van der Waals surface area contributed by atoms with E-state index in [1.807, 2.05) is 49.0 Å². The number of imidazole rings is 1. The highest BCUT2D eigenvalue weighted by Gasteiger charge is 2.38. The summed E-state index contributed by atoms with van der Waals surface area (Å²) in [6, 6.07) is 10.4. The molecule has 8 nitrogen and oxygen atoms in total. The number of aromatic nitrogens is 4. The fraction of sp³-hybridized carbons (Fsp3) is 0.318. The van der Waals surface area contributed by atoms with Crippen LogP contribution in [-0.4, -0.2) is 32.5 Å². The van der Waals surface area contributed by atoms with Crippen LogP contribution in [0.3, 0.4) is 0 Å². The molecule has 0 aliphatic carbocycles. The maximum absolute atomic E-state index is 9.89. The summed E-state index contributed by atoms with van der Waals surface area (Å²) in [6.45, 7) is 3.29. The molecule has 0 radical (unpaired) electrons. The van der Waals surface area contributed by atoms with Crippen molar-refractivity contribution < 1.29 is 9.47 Å². The van der Waals surface area contributed by atoms with Gasteiger partial charge in [0.2, 0.25) is 11.8 Å². The Labute approximate surface area is 174 Å². The van der Waals surface area contributed by atoms with Crippen molar-refractivity contribution in [2.45, 2.75) is 25.2 Å². The SMILES string of the molecule is Cc1nccn1-c1ccc(C2C(C#N)=C(N)Oc3c2c(C2CCOC2)nn3C)cc1. The minimum atomic E-state index is -0.332. The van der Waals surface area contributed by atoms with Gasteiger partial charge < -0.3 is 19.8 Å². The largest absolute Gasteiger partial charge is 0.422 e. The quantitative estimate of drug-likeness (QED) is 0.722. The van der Waals surface area contributed by atoms with Gasteiger partial charge in [-0.25, -0.2) is 9.67 Å². The number of aryl methyl sites for hydroxylation is 2. The third-order valence-corrected chi connectivity index (χ3v) is 5.87. The molecular formula is C22H22N6O2. The first-order valence-electron chi connectivity index (χ1n) is 9.91. The Bertz CT molecular complexity index is 1180. The topological polar surface area (TPSA) is 104 Å². The Morgan fingerprint density at radius 1 is 1.27 bits per heavy atom. The van der Waals surface area contributed by atoms with Gasteiger partial charge in [0.15, 0.2) is 0 Å². The second-order valence-corrected chi connectivity index (χ2v) is 7.65. The molecule has 0 saturated carbocycles. The van der Waals surface area contributed by atoms with E-state index >= 15 is 0 Å². The molecule has 8 heteroatoms. The third kappa shape index (κ3) is 2.78. The maximum atomic E-state index is 9.89. The lowest BCUT2D eigenvalue weighted by Crippen LogP contribution is -2.22. The van der Waals surface area contributed by atoms with E-state index in [-0.39, 0.29) is 17.7 Å². The van der Waals surface area contributed by atoms with Crippen LogP contribution in [0.1, 0.15) is 40.9 Å². The molecule has 152 valence electrons. The fourth-order valence-corrected chi connectivity index (χ4v) is 4.37. The normalized spacial score (nSPS) is 20.7. The van der Waals surface area contributed by atoms with Crippen LogP contribution >= 0.6 is 0 Å². The van der Waals surface area contributed by atoms with Gasteiger partial charge in [0.1, 0.15) is 17.5 Å². The van der Waals surface area contributed by atoms with Gasteiger partial charge in [-0.1, -0.05) is 12.1 Å². The monoisotopic (exact) mass is 402 g/mol. The molecule has 0 spiro atoms. The van der Waals surface area contributed by atoms with Gasteiger partial charge in [0.25, 0.3) is 0 Å². The minimum Gasteiger partial charge on any atom is -0.422 e. The summed E-state index contributed by atoms with van der Waals surface area (Å²) in [4.78, 5) is 4.29. The summed E-state index contributed by atoms with van der Waals surface area (Å²) < 4.78 is 15.2. The summed E-state index contributed by atoms with van der Waals surface area (Å²) in [5.41, 5.74) is 10.4. The lowest BCUT2D eigenvalue weighted by Gasteiger charge is -2.25. The van der Waals surface area contributed by atoms with Crippen molar-refractivity contribution in [3.63, 3.8) is 0 Å². The van der Waals surface area contributed by atoms with Crippen molar-refractivity contribution >= 4 is 0 Å². The highest BCUT2D eigenvalue weighted by Crippen LogP contribution is 2.46. The second kappa shape index (κ2) is 7.04. The van der Waals surface area contributed by atoms with Crippen LogP contribution in [0, 0.1) is 18.3 Å². The summed E-state index contributed by atoms with van der Waals surface area (Å²) in [6.07, 6.45) is 4.60. The summed E-state index contributed by atoms with van der Waals surface area (Å²) >= 11 is 0. The number of rotatable bonds is 3. The van der Waals surface area contributed by atoms with Crippen LogP contribution in [0.25, 0.3) is 5.69 Å². The van der Waals surface area contributed by atoms with E-state index in [2.05, 4.69) is 11.1 Å². The van der Waals surface area contributed by atoms with Crippen LogP contribution in [0.4, 0.5) is 0 Å². The van der Waals surface area contributed by atoms with Gasteiger partial charge in [-0.3, -0.25) is 0 Å². The molecule has 2 unspecified atom stereocenters. The van der Waals surface area contributed by atoms with Crippen LogP contribution in [0.15, 0.2) is 48.1 Å². The molecule has 2 aromatic heterocycles. The number of benzene rings is 1. The Kier molecular flexibility index (Phi) is 4.33. The van der Waals surface area contributed by atoms with Crippen molar-refractivity contribution in [3.8, 4) is 17.6 Å². The van der Waals surface area contributed by atoms with E-state index in [1.165, 1.54) is 0 Å². The molecule has 5 rings (SSSR count). The van der Waals surface area contributed by atoms with Gasteiger partial charge in [-0.15, -0.1) is 0 Å². The van der Waals surface area contributed by atoms with Crippen molar-refractivity contribution in [2.75, 3.05) is 13.2 Å². The number of fused-ring (bicyclic) bond motifs is 1. The van der Waals surface area contributed by atoms with E-state index in [0.29, 0.717) is 24.7 Å². The zero-order valence-electron chi connectivity index (χ0n) is 16.9. The molecular weight excluding hydrogens is 380 g/mol. The second-order valence-electron chi connectivity index (χ2n) is 7.65. The third-order valence-electron chi connectivity index (χ3n) is 5.87. The summed E-state index contributed by atoms with van der Waals surface area (Å²) in [7, 11) is 1.84. The van der Waals surface area contributed by atoms with E-state index in [1.54, 1.807) is 10.9 Å². The average molecular weight is 402 g/mol. The first-order valence-corrected chi connectivity index (χ1v) is 9.91. The van der Waals surface area contributed by atoms with Crippen molar-refractivity contribution in [1.82, 2.24) is 19.3 Å². The number of allylic oxidation sites excluding steroid dienone is 1. The summed E-state index contributed by atoms with van der Waals surface area (Å²) in [5.74, 6) is 1.47. The molecule has 0 bridgehead atoms. The zero-order chi connectivity index (χ0) is 20.8. The highest BCUT2D eigenvalue weighted by molar-refractivity contribution is 5.57. The van der Waals surface area contributed by atoms with Gasteiger partial charge in [0.05, 0.1) is 23.8 Å². The molecule has 2 aliphatic heterocycles.